The number of hydrogen-bond acceptors (Lipinski definition) is 4. The summed E-state index contributed by atoms with van der Waals surface area (Å²) in [6, 6.07) is 22.2. The highest BCUT2D eigenvalue weighted by Gasteiger charge is 2.20. The molecule has 5 heteroatoms. The molecule has 1 amide bonds. The fourth-order valence-corrected chi connectivity index (χ4v) is 3.32. The normalized spacial score (nSPS) is 11.0. The van der Waals surface area contributed by atoms with E-state index in [1.54, 1.807) is 19.2 Å². The predicted molar refractivity (Wildman–Crippen MR) is 127 cm³/mol. The smallest absolute Gasteiger partial charge is 0.277 e. The zero-order valence-electron chi connectivity index (χ0n) is 18.7. The SMILES string of the molecule is CCC(CC)N(O)C(=O)c1ccc(/C=C/c2cccc(Oc3ccc(OC)cc3)c2)cc1. The van der Waals surface area contributed by atoms with E-state index in [9.17, 15) is 10.0 Å². The summed E-state index contributed by atoms with van der Waals surface area (Å²) in [5.41, 5.74) is 2.41. The first kappa shape index (κ1) is 23.1. The van der Waals surface area contributed by atoms with Crippen LogP contribution in [0, 0.1) is 0 Å². The zero-order chi connectivity index (χ0) is 22.9. The van der Waals surface area contributed by atoms with Crippen molar-refractivity contribution in [3.8, 4) is 17.2 Å². The fourth-order valence-electron chi connectivity index (χ4n) is 3.32. The van der Waals surface area contributed by atoms with Crippen LogP contribution < -0.4 is 9.47 Å². The average molecular weight is 432 g/mol. The van der Waals surface area contributed by atoms with Crippen molar-refractivity contribution < 1.29 is 19.5 Å². The minimum absolute atomic E-state index is 0.172. The van der Waals surface area contributed by atoms with Crippen molar-refractivity contribution in [2.75, 3.05) is 7.11 Å². The quantitative estimate of drug-likeness (QED) is 0.233. The lowest BCUT2D eigenvalue weighted by Crippen LogP contribution is -2.36. The Morgan fingerprint density at radius 3 is 2.12 bits per heavy atom. The molecule has 0 atom stereocenters. The van der Waals surface area contributed by atoms with Gasteiger partial charge in [-0.05, 0) is 72.5 Å². The first-order valence-electron chi connectivity index (χ1n) is 10.8. The number of amides is 1. The summed E-state index contributed by atoms with van der Waals surface area (Å²) >= 11 is 0. The second kappa shape index (κ2) is 11.2. The highest BCUT2D eigenvalue weighted by Crippen LogP contribution is 2.25. The molecule has 166 valence electrons. The number of carbonyl (C=O) groups is 1. The number of rotatable bonds is 9. The topological polar surface area (TPSA) is 59.0 Å². The molecule has 32 heavy (non-hydrogen) atoms. The van der Waals surface area contributed by atoms with E-state index < -0.39 is 0 Å². The van der Waals surface area contributed by atoms with Gasteiger partial charge in [0.1, 0.15) is 17.2 Å². The zero-order valence-corrected chi connectivity index (χ0v) is 18.7. The van der Waals surface area contributed by atoms with Gasteiger partial charge >= 0.3 is 0 Å². The van der Waals surface area contributed by atoms with Crippen LogP contribution in [-0.2, 0) is 0 Å². The van der Waals surface area contributed by atoms with Gasteiger partial charge in [-0.1, -0.05) is 50.3 Å². The molecular formula is C27H29NO4. The van der Waals surface area contributed by atoms with Crippen LogP contribution in [0.25, 0.3) is 12.2 Å². The summed E-state index contributed by atoms with van der Waals surface area (Å²) in [7, 11) is 1.63. The molecule has 0 radical (unpaired) electrons. The van der Waals surface area contributed by atoms with Crippen molar-refractivity contribution in [1.82, 2.24) is 5.06 Å². The Morgan fingerprint density at radius 2 is 1.50 bits per heavy atom. The van der Waals surface area contributed by atoms with E-state index in [1.165, 1.54) is 0 Å². The van der Waals surface area contributed by atoms with Gasteiger partial charge in [-0.2, -0.15) is 0 Å². The third kappa shape index (κ3) is 5.99. The van der Waals surface area contributed by atoms with Crippen molar-refractivity contribution in [2.24, 2.45) is 0 Å². The Balaban J connectivity index is 1.66. The van der Waals surface area contributed by atoms with Crippen LogP contribution in [0.4, 0.5) is 0 Å². The van der Waals surface area contributed by atoms with Gasteiger partial charge in [-0.25, -0.2) is 5.06 Å². The third-order valence-electron chi connectivity index (χ3n) is 5.28. The molecule has 3 aromatic rings. The van der Waals surface area contributed by atoms with Crippen LogP contribution in [0.2, 0.25) is 0 Å². The summed E-state index contributed by atoms with van der Waals surface area (Å²) in [6.45, 7) is 3.91. The molecule has 0 saturated heterocycles. The van der Waals surface area contributed by atoms with Gasteiger partial charge < -0.3 is 9.47 Å². The molecule has 3 rings (SSSR count). The van der Waals surface area contributed by atoms with E-state index in [1.807, 2.05) is 86.7 Å². The van der Waals surface area contributed by atoms with Crippen LogP contribution in [0.5, 0.6) is 17.2 Å². The molecule has 0 unspecified atom stereocenters. The minimum atomic E-state index is -0.377. The van der Waals surface area contributed by atoms with E-state index in [4.69, 9.17) is 9.47 Å². The lowest BCUT2D eigenvalue weighted by Gasteiger charge is -2.23. The summed E-state index contributed by atoms with van der Waals surface area (Å²) in [5, 5.41) is 11.0. The average Bonchev–Trinajstić information content (AvgIpc) is 2.84. The van der Waals surface area contributed by atoms with E-state index >= 15 is 0 Å². The monoisotopic (exact) mass is 431 g/mol. The molecule has 0 saturated carbocycles. The second-order valence-electron chi connectivity index (χ2n) is 7.43. The second-order valence-corrected chi connectivity index (χ2v) is 7.43. The summed E-state index contributed by atoms with van der Waals surface area (Å²) in [5.74, 6) is 1.88. The molecule has 1 N–H and O–H groups in total. The molecule has 0 aliphatic carbocycles. The Kier molecular flexibility index (Phi) is 8.06. The van der Waals surface area contributed by atoms with Gasteiger partial charge in [0.15, 0.2) is 0 Å². The molecule has 0 aliphatic rings. The molecule has 0 fully saturated rings. The molecule has 0 bridgehead atoms. The van der Waals surface area contributed by atoms with Gasteiger partial charge in [0.05, 0.1) is 13.2 Å². The summed E-state index contributed by atoms with van der Waals surface area (Å²) in [6.07, 6.45) is 5.38. The van der Waals surface area contributed by atoms with Crippen LogP contribution >= 0.6 is 0 Å². The standard InChI is InChI=1S/C27H29NO4/c1-4-23(5-2)28(30)27(29)22-13-11-20(12-14-22)9-10-21-7-6-8-26(19-21)32-25-17-15-24(31-3)16-18-25/h6-19,23,30H,4-5H2,1-3H3/b10-9+. The van der Waals surface area contributed by atoms with Gasteiger partial charge in [0, 0.05) is 5.56 Å². The van der Waals surface area contributed by atoms with Crippen molar-refractivity contribution in [3.05, 3.63) is 89.5 Å². The number of hydrogen-bond donors (Lipinski definition) is 1. The van der Waals surface area contributed by atoms with Crippen LogP contribution in [-0.4, -0.2) is 29.3 Å². The van der Waals surface area contributed by atoms with Crippen LogP contribution in [0.3, 0.4) is 0 Å². The molecule has 3 aromatic carbocycles. The lowest BCUT2D eigenvalue weighted by molar-refractivity contribution is -0.0901. The maximum absolute atomic E-state index is 12.5. The van der Waals surface area contributed by atoms with Gasteiger partial charge in [-0.15, -0.1) is 0 Å². The summed E-state index contributed by atoms with van der Waals surface area (Å²) < 4.78 is 11.1. The first-order valence-corrected chi connectivity index (χ1v) is 10.8. The molecular weight excluding hydrogens is 402 g/mol. The van der Waals surface area contributed by atoms with E-state index in [0.29, 0.717) is 18.4 Å². The fraction of sp³-hybridized carbons (Fsp3) is 0.222. The predicted octanol–water partition coefficient (Wildman–Crippen LogP) is 6.68. The van der Waals surface area contributed by atoms with Crippen molar-refractivity contribution in [3.63, 3.8) is 0 Å². The highest BCUT2D eigenvalue weighted by molar-refractivity contribution is 5.93. The largest absolute Gasteiger partial charge is 0.497 e. The number of hydroxylamine groups is 2. The number of methoxy groups -OCH3 is 1. The Bertz CT molecular complexity index is 1040. The molecule has 0 aliphatic heterocycles. The minimum Gasteiger partial charge on any atom is -0.497 e. The van der Waals surface area contributed by atoms with Crippen molar-refractivity contribution >= 4 is 18.1 Å². The van der Waals surface area contributed by atoms with Crippen molar-refractivity contribution in [2.45, 2.75) is 32.7 Å². The molecule has 0 spiro atoms. The third-order valence-corrected chi connectivity index (χ3v) is 5.28. The van der Waals surface area contributed by atoms with Crippen molar-refractivity contribution in [1.29, 1.82) is 0 Å². The van der Waals surface area contributed by atoms with E-state index in [2.05, 4.69) is 0 Å². The first-order chi connectivity index (χ1) is 15.5. The Labute approximate surface area is 189 Å². The maximum Gasteiger partial charge on any atom is 0.277 e. The van der Waals surface area contributed by atoms with Gasteiger partial charge in [0.2, 0.25) is 0 Å². The van der Waals surface area contributed by atoms with Gasteiger partial charge in [-0.3, -0.25) is 10.0 Å². The summed E-state index contributed by atoms with van der Waals surface area (Å²) in [4.78, 5) is 12.5. The number of ether oxygens (including phenoxy) is 2. The highest BCUT2D eigenvalue weighted by atomic mass is 16.5. The van der Waals surface area contributed by atoms with E-state index in [-0.39, 0.29) is 11.9 Å². The lowest BCUT2D eigenvalue weighted by atomic mass is 10.1. The van der Waals surface area contributed by atoms with Gasteiger partial charge in [0.25, 0.3) is 5.91 Å². The maximum atomic E-state index is 12.5. The number of carbonyl (C=O) groups excluding carboxylic acids is 1. The molecule has 0 heterocycles. The van der Waals surface area contributed by atoms with Crippen LogP contribution in [0.1, 0.15) is 48.2 Å². The van der Waals surface area contributed by atoms with E-state index in [0.717, 1.165) is 33.4 Å². The molecule has 5 nitrogen and oxygen atoms in total. The van der Waals surface area contributed by atoms with Crippen LogP contribution in [0.15, 0.2) is 72.8 Å². The number of benzene rings is 3. The number of nitrogens with zero attached hydrogens (tertiary/aromatic N) is 1. The Hall–Kier alpha value is -3.57. The Morgan fingerprint density at radius 1 is 0.875 bits per heavy atom. The molecule has 0 aromatic heterocycles.